The van der Waals surface area contributed by atoms with E-state index in [0.29, 0.717) is 17.8 Å². The molecule has 64 valence electrons. The van der Waals surface area contributed by atoms with E-state index in [1.54, 1.807) is 18.3 Å². The molecule has 0 unspecified atom stereocenters. The fourth-order valence-electron chi connectivity index (χ4n) is 0.993. The van der Waals surface area contributed by atoms with Crippen LogP contribution in [0.5, 0.6) is 0 Å². The fourth-order valence-corrected chi connectivity index (χ4v) is 0.993. The van der Waals surface area contributed by atoms with Gasteiger partial charge in [-0.15, -0.1) is 0 Å². The number of rotatable bonds is 3. The molecule has 0 bridgehead atoms. The molecule has 0 atom stereocenters. The number of nitrogen functional groups attached to an aromatic ring is 1. The van der Waals surface area contributed by atoms with E-state index in [1.807, 2.05) is 6.92 Å². The molecule has 0 saturated carbocycles. The van der Waals surface area contributed by atoms with Gasteiger partial charge in [0, 0.05) is 18.2 Å². The van der Waals surface area contributed by atoms with Crippen LogP contribution >= 0.6 is 0 Å². The van der Waals surface area contributed by atoms with Crippen molar-refractivity contribution in [3.63, 3.8) is 0 Å². The van der Waals surface area contributed by atoms with Crippen molar-refractivity contribution in [3.8, 4) is 0 Å². The van der Waals surface area contributed by atoms with Crippen LogP contribution in [0.1, 0.15) is 30.1 Å². The van der Waals surface area contributed by atoms with Crippen LogP contribution in [-0.2, 0) is 0 Å². The Kier molecular flexibility index (Phi) is 2.80. The zero-order valence-corrected chi connectivity index (χ0v) is 7.08. The monoisotopic (exact) mass is 164 g/mol. The molecule has 0 fully saturated rings. The zero-order chi connectivity index (χ0) is 8.97. The Morgan fingerprint density at radius 2 is 2.42 bits per heavy atom. The number of nitrogens with two attached hydrogens (primary N) is 1. The first-order valence-corrected chi connectivity index (χ1v) is 3.98. The number of aromatic nitrogens is 1. The van der Waals surface area contributed by atoms with Crippen molar-refractivity contribution in [2.45, 2.75) is 19.8 Å². The molecule has 0 aliphatic rings. The number of hydrogen-bond acceptors (Lipinski definition) is 3. The molecule has 1 aromatic rings. The van der Waals surface area contributed by atoms with Gasteiger partial charge in [0.25, 0.3) is 0 Å². The summed E-state index contributed by atoms with van der Waals surface area (Å²) in [6.45, 7) is 1.97. The summed E-state index contributed by atoms with van der Waals surface area (Å²) >= 11 is 0. The van der Waals surface area contributed by atoms with Gasteiger partial charge in [-0.2, -0.15) is 0 Å². The molecule has 0 amide bonds. The first-order valence-electron chi connectivity index (χ1n) is 3.98. The van der Waals surface area contributed by atoms with Gasteiger partial charge < -0.3 is 5.73 Å². The van der Waals surface area contributed by atoms with Crippen LogP contribution in [0.25, 0.3) is 0 Å². The standard InChI is InChI=1S/C9H12N2O/c1-2-3-8(12)7-4-5-11-9(10)6-7/h4-6H,2-3H2,1H3,(H2,10,11). The lowest BCUT2D eigenvalue weighted by Gasteiger charge is -1.98. The van der Waals surface area contributed by atoms with E-state index in [-0.39, 0.29) is 5.78 Å². The predicted octanol–water partition coefficient (Wildman–Crippen LogP) is 1.65. The minimum absolute atomic E-state index is 0.131. The highest BCUT2D eigenvalue weighted by Gasteiger charge is 2.03. The molecule has 0 aliphatic heterocycles. The van der Waals surface area contributed by atoms with Crippen molar-refractivity contribution in [1.29, 1.82) is 0 Å². The quantitative estimate of drug-likeness (QED) is 0.691. The van der Waals surface area contributed by atoms with Crippen molar-refractivity contribution in [2.24, 2.45) is 0 Å². The minimum Gasteiger partial charge on any atom is -0.384 e. The number of pyridine rings is 1. The molecular formula is C9H12N2O. The molecule has 1 aromatic heterocycles. The van der Waals surface area contributed by atoms with E-state index >= 15 is 0 Å². The SMILES string of the molecule is CCCC(=O)c1ccnc(N)c1. The number of carbonyl (C=O) groups is 1. The highest BCUT2D eigenvalue weighted by Crippen LogP contribution is 2.06. The van der Waals surface area contributed by atoms with E-state index in [2.05, 4.69) is 4.98 Å². The first-order chi connectivity index (χ1) is 5.74. The van der Waals surface area contributed by atoms with Crippen molar-refractivity contribution in [3.05, 3.63) is 23.9 Å². The average molecular weight is 164 g/mol. The smallest absolute Gasteiger partial charge is 0.163 e. The second-order valence-corrected chi connectivity index (χ2v) is 2.64. The molecule has 1 rings (SSSR count). The van der Waals surface area contributed by atoms with Gasteiger partial charge in [0.1, 0.15) is 5.82 Å². The lowest BCUT2D eigenvalue weighted by Crippen LogP contribution is -2.00. The van der Waals surface area contributed by atoms with Gasteiger partial charge in [0.05, 0.1) is 0 Å². The average Bonchev–Trinajstić information content (AvgIpc) is 2.05. The Labute approximate surface area is 71.6 Å². The maximum Gasteiger partial charge on any atom is 0.163 e. The van der Waals surface area contributed by atoms with Crippen LogP contribution in [0.3, 0.4) is 0 Å². The summed E-state index contributed by atoms with van der Waals surface area (Å²) in [6.07, 6.45) is 2.99. The van der Waals surface area contributed by atoms with Crippen LogP contribution < -0.4 is 5.73 Å². The topological polar surface area (TPSA) is 56.0 Å². The van der Waals surface area contributed by atoms with E-state index in [1.165, 1.54) is 0 Å². The second-order valence-electron chi connectivity index (χ2n) is 2.64. The third kappa shape index (κ3) is 2.05. The van der Waals surface area contributed by atoms with Gasteiger partial charge in [0.2, 0.25) is 0 Å². The summed E-state index contributed by atoms with van der Waals surface area (Å²) in [7, 11) is 0. The van der Waals surface area contributed by atoms with Crippen LogP contribution in [0, 0.1) is 0 Å². The van der Waals surface area contributed by atoms with Crippen LogP contribution in [-0.4, -0.2) is 10.8 Å². The van der Waals surface area contributed by atoms with Crippen LogP contribution in [0.15, 0.2) is 18.3 Å². The molecular weight excluding hydrogens is 152 g/mol. The van der Waals surface area contributed by atoms with E-state index in [4.69, 9.17) is 5.73 Å². The van der Waals surface area contributed by atoms with E-state index < -0.39 is 0 Å². The van der Waals surface area contributed by atoms with E-state index in [0.717, 1.165) is 6.42 Å². The molecule has 0 aromatic carbocycles. The molecule has 2 N–H and O–H groups in total. The van der Waals surface area contributed by atoms with Gasteiger partial charge >= 0.3 is 0 Å². The maximum atomic E-state index is 11.3. The summed E-state index contributed by atoms with van der Waals surface area (Å²) in [6, 6.07) is 3.30. The molecule has 3 heteroatoms. The Balaban J connectivity index is 2.81. The normalized spacial score (nSPS) is 9.75. The molecule has 3 nitrogen and oxygen atoms in total. The number of Topliss-reactive ketones (excluding diaryl/α,β-unsaturated/α-hetero) is 1. The molecule has 12 heavy (non-hydrogen) atoms. The predicted molar refractivity (Wildman–Crippen MR) is 47.9 cm³/mol. The van der Waals surface area contributed by atoms with Gasteiger partial charge in [-0.1, -0.05) is 6.92 Å². The lowest BCUT2D eigenvalue weighted by molar-refractivity contribution is 0.0981. The third-order valence-corrected chi connectivity index (χ3v) is 1.58. The summed E-state index contributed by atoms with van der Waals surface area (Å²) in [5, 5.41) is 0. The second kappa shape index (κ2) is 3.85. The van der Waals surface area contributed by atoms with Crippen molar-refractivity contribution >= 4 is 11.6 Å². The van der Waals surface area contributed by atoms with Crippen molar-refractivity contribution in [1.82, 2.24) is 4.98 Å². The first kappa shape index (κ1) is 8.71. The number of hydrogen-bond donors (Lipinski definition) is 1. The third-order valence-electron chi connectivity index (χ3n) is 1.58. The van der Waals surface area contributed by atoms with E-state index in [9.17, 15) is 4.79 Å². The zero-order valence-electron chi connectivity index (χ0n) is 7.08. The fraction of sp³-hybridized carbons (Fsp3) is 0.333. The number of anilines is 1. The Hall–Kier alpha value is -1.38. The van der Waals surface area contributed by atoms with Gasteiger partial charge in [-0.05, 0) is 18.6 Å². The summed E-state index contributed by atoms with van der Waals surface area (Å²) in [4.78, 5) is 15.1. The highest BCUT2D eigenvalue weighted by atomic mass is 16.1. The molecule has 0 aliphatic carbocycles. The van der Waals surface area contributed by atoms with Gasteiger partial charge in [0.15, 0.2) is 5.78 Å². The molecule has 1 heterocycles. The molecule has 0 radical (unpaired) electrons. The summed E-state index contributed by atoms with van der Waals surface area (Å²) in [5.41, 5.74) is 6.09. The summed E-state index contributed by atoms with van der Waals surface area (Å²) in [5.74, 6) is 0.531. The van der Waals surface area contributed by atoms with Gasteiger partial charge in [-0.25, -0.2) is 4.98 Å². The molecule has 0 saturated heterocycles. The largest absolute Gasteiger partial charge is 0.384 e. The highest BCUT2D eigenvalue weighted by molar-refractivity contribution is 5.96. The van der Waals surface area contributed by atoms with Crippen LogP contribution in [0.2, 0.25) is 0 Å². The number of ketones is 1. The number of carbonyl (C=O) groups excluding carboxylic acids is 1. The van der Waals surface area contributed by atoms with Crippen molar-refractivity contribution in [2.75, 3.05) is 5.73 Å². The minimum atomic E-state index is 0.131. The summed E-state index contributed by atoms with van der Waals surface area (Å²) < 4.78 is 0. The number of nitrogens with zero attached hydrogens (tertiary/aromatic N) is 1. The van der Waals surface area contributed by atoms with Crippen molar-refractivity contribution < 1.29 is 4.79 Å². The van der Waals surface area contributed by atoms with Crippen LogP contribution in [0.4, 0.5) is 5.82 Å². The van der Waals surface area contributed by atoms with Gasteiger partial charge in [-0.3, -0.25) is 4.79 Å². The Bertz CT molecular complexity index is 284. The maximum absolute atomic E-state index is 11.3. The Morgan fingerprint density at radius 3 is 3.00 bits per heavy atom. The Morgan fingerprint density at radius 1 is 1.67 bits per heavy atom. The lowest BCUT2D eigenvalue weighted by atomic mass is 10.1. The molecule has 0 spiro atoms.